The minimum absolute atomic E-state index is 0.0996. The monoisotopic (exact) mass is 349 g/mol. The molecule has 6 heteroatoms. The number of ether oxygens (including phenoxy) is 1. The number of carbonyl (C=O) groups is 2. The summed E-state index contributed by atoms with van der Waals surface area (Å²) < 4.78 is 5.16. The summed E-state index contributed by atoms with van der Waals surface area (Å²) >= 11 is 0. The molecule has 1 heterocycles. The Morgan fingerprint density at radius 1 is 1.00 bits per heavy atom. The molecular weight excluding hydrogens is 330 g/mol. The summed E-state index contributed by atoms with van der Waals surface area (Å²) in [5, 5.41) is 8.41. The molecule has 0 saturated heterocycles. The van der Waals surface area contributed by atoms with Gasteiger partial charge in [0.05, 0.1) is 11.4 Å². The molecule has 0 aliphatic heterocycles. The SMILES string of the molecule is Cc1ccc(C)c(C(=O)COC(=O)c2nn(-c3ccccc3)nc2C)c1. The fraction of sp³-hybridized carbons (Fsp3) is 0.200. The van der Waals surface area contributed by atoms with Gasteiger partial charge in [0.2, 0.25) is 5.78 Å². The normalized spacial score (nSPS) is 10.6. The average Bonchev–Trinajstić information content (AvgIpc) is 3.04. The number of nitrogens with zero attached hydrogens (tertiary/aromatic N) is 3. The zero-order valence-corrected chi connectivity index (χ0v) is 14.9. The standard InChI is InChI=1S/C20H19N3O3/c1-13-9-10-14(2)17(11-13)18(24)12-26-20(25)19-15(3)21-23(22-19)16-7-5-4-6-8-16/h4-11H,12H2,1-3H3. The van der Waals surface area contributed by atoms with Gasteiger partial charge in [0.1, 0.15) is 0 Å². The van der Waals surface area contributed by atoms with E-state index in [0.717, 1.165) is 16.8 Å². The molecule has 0 N–H and O–H groups in total. The van der Waals surface area contributed by atoms with Gasteiger partial charge in [-0.05, 0) is 44.5 Å². The van der Waals surface area contributed by atoms with Crippen molar-refractivity contribution in [3.63, 3.8) is 0 Å². The predicted molar refractivity (Wildman–Crippen MR) is 96.6 cm³/mol. The Morgan fingerprint density at radius 3 is 2.46 bits per heavy atom. The molecule has 0 radical (unpaired) electrons. The number of carbonyl (C=O) groups excluding carboxylic acids is 2. The lowest BCUT2D eigenvalue weighted by atomic mass is 10.0. The van der Waals surface area contributed by atoms with E-state index < -0.39 is 5.97 Å². The van der Waals surface area contributed by atoms with Crippen LogP contribution in [0.2, 0.25) is 0 Å². The van der Waals surface area contributed by atoms with E-state index in [0.29, 0.717) is 11.3 Å². The van der Waals surface area contributed by atoms with E-state index in [1.807, 2.05) is 56.3 Å². The van der Waals surface area contributed by atoms with Crippen molar-refractivity contribution < 1.29 is 14.3 Å². The number of aromatic nitrogens is 3. The van der Waals surface area contributed by atoms with Gasteiger partial charge in [-0.3, -0.25) is 4.79 Å². The Bertz CT molecular complexity index is 962. The maximum atomic E-state index is 12.3. The summed E-state index contributed by atoms with van der Waals surface area (Å²) in [6.45, 7) is 5.11. The van der Waals surface area contributed by atoms with Crippen molar-refractivity contribution in [2.75, 3.05) is 6.61 Å². The molecule has 1 aromatic heterocycles. The summed E-state index contributed by atoms with van der Waals surface area (Å²) in [6.07, 6.45) is 0. The first-order valence-corrected chi connectivity index (χ1v) is 8.22. The molecule has 132 valence electrons. The van der Waals surface area contributed by atoms with Crippen LogP contribution in [0.5, 0.6) is 0 Å². The first-order chi connectivity index (χ1) is 12.5. The molecule has 26 heavy (non-hydrogen) atoms. The van der Waals surface area contributed by atoms with E-state index in [-0.39, 0.29) is 18.1 Å². The molecule has 0 aliphatic rings. The van der Waals surface area contributed by atoms with Gasteiger partial charge < -0.3 is 4.74 Å². The van der Waals surface area contributed by atoms with Crippen molar-refractivity contribution >= 4 is 11.8 Å². The summed E-state index contributed by atoms with van der Waals surface area (Å²) in [5.74, 6) is -0.906. The minimum Gasteiger partial charge on any atom is -0.452 e. The van der Waals surface area contributed by atoms with Gasteiger partial charge in [-0.25, -0.2) is 4.79 Å². The van der Waals surface area contributed by atoms with Crippen LogP contribution in [0.15, 0.2) is 48.5 Å². The lowest BCUT2D eigenvalue weighted by molar-refractivity contribution is 0.0467. The second-order valence-corrected chi connectivity index (χ2v) is 6.08. The third-order valence-electron chi connectivity index (χ3n) is 3.99. The van der Waals surface area contributed by atoms with E-state index in [4.69, 9.17) is 4.74 Å². The highest BCUT2D eigenvalue weighted by Crippen LogP contribution is 2.13. The third-order valence-corrected chi connectivity index (χ3v) is 3.99. The van der Waals surface area contributed by atoms with Gasteiger partial charge in [-0.15, -0.1) is 5.10 Å². The lowest BCUT2D eigenvalue weighted by Crippen LogP contribution is -2.16. The van der Waals surface area contributed by atoms with Crippen LogP contribution in [0.1, 0.15) is 37.7 Å². The molecule has 0 aliphatic carbocycles. The van der Waals surface area contributed by atoms with Gasteiger partial charge in [0, 0.05) is 5.56 Å². The van der Waals surface area contributed by atoms with Crippen LogP contribution in [0.3, 0.4) is 0 Å². The summed E-state index contributed by atoms with van der Waals surface area (Å²) in [4.78, 5) is 26.0. The van der Waals surface area contributed by atoms with Crippen molar-refractivity contribution in [3.05, 3.63) is 76.6 Å². The predicted octanol–water partition coefficient (Wildman–Crippen LogP) is 3.23. The van der Waals surface area contributed by atoms with E-state index in [1.165, 1.54) is 4.80 Å². The zero-order chi connectivity index (χ0) is 18.7. The van der Waals surface area contributed by atoms with E-state index in [9.17, 15) is 9.59 Å². The van der Waals surface area contributed by atoms with Gasteiger partial charge in [-0.2, -0.15) is 9.90 Å². The second-order valence-electron chi connectivity index (χ2n) is 6.08. The Morgan fingerprint density at radius 2 is 1.73 bits per heavy atom. The topological polar surface area (TPSA) is 74.1 Å². The average molecular weight is 349 g/mol. The number of hydrogen-bond donors (Lipinski definition) is 0. The van der Waals surface area contributed by atoms with Crippen LogP contribution in [0.25, 0.3) is 5.69 Å². The maximum absolute atomic E-state index is 12.3. The molecule has 0 bridgehead atoms. The summed E-state index contributed by atoms with van der Waals surface area (Å²) in [5.41, 5.74) is 3.67. The maximum Gasteiger partial charge on any atom is 0.361 e. The fourth-order valence-corrected chi connectivity index (χ4v) is 2.56. The van der Waals surface area contributed by atoms with Crippen molar-refractivity contribution in [2.45, 2.75) is 20.8 Å². The number of Topliss-reactive ketones (excluding diaryl/α,β-unsaturated/α-hetero) is 1. The largest absolute Gasteiger partial charge is 0.452 e. The first-order valence-electron chi connectivity index (χ1n) is 8.22. The van der Waals surface area contributed by atoms with Crippen LogP contribution in [0, 0.1) is 20.8 Å². The number of para-hydroxylation sites is 1. The number of esters is 1. The summed E-state index contributed by atoms with van der Waals surface area (Å²) in [7, 11) is 0. The zero-order valence-electron chi connectivity index (χ0n) is 14.9. The Labute approximate surface area is 151 Å². The van der Waals surface area contributed by atoms with E-state index >= 15 is 0 Å². The van der Waals surface area contributed by atoms with Gasteiger partial charge in [0.15, 0.2) is 12.3 Å². The molecule has 0 unspecified atom stereocenters. The first kappa shape index (κ1) is 17.5. The molecule has 0 saturated carbocycles. The van der Waals surface area contributed by atoms with Gasteiger partial charge >= 0.3 is 5.97 Å². The second kappa shape index (κ2) is 7.31. The van der Waals surface area contributed by atoms with Crippen molar-refractivity contribution in [1.82, 2.24) is 15.0 Å². The molecule has 0 spiro atoms. The Hall–Kier alpha value is -3.28. The number of benzene rings is 2. The van der Waals surface area contributed by atoms with Crippen LogP contribution in [-0.4, -0.2) is 33.4 Å². The van der Waals surface area contributed by atoms with Gasteiger partial charge in [0.25, 0.3) is 0 Å². The molecule has 2 aromatic carbocycles. The van der Waals surface area contributed by atoms with E-state index in [2.05, 4.69) is 10.2 Å². The number of ketones is 1. The molecular formula is C20H19N3O3. The minimum atomic E-state index is -0.664. The summed E-state index contributed by atoms with van der Waals surface area (Å²) in [6, 6.07) is 14.9. The third kappa shape index (κ3) is 3.69. The molecule has 3 rings (SSSR count). The van der Waals surface area contributed by atoms with Crippen LogP contribution in [-0.2, 0) is 4.74 Å². The number of rotatable bonds is 5. The molecule has 0 fully saturated rings. The van der Waals surface area contributed by atoms with Crippen LogP contribution >= 0.6 is 0 Å². The fourth-order valence-electron chi connectivity index (χ4n) is 2.56. The van der Waals surface area contributed by atoms with Crippen molar-refractivity contribution in [1.29, 1.82) is 0 Å². The Balaban J connectivity index is 1.72. The van der Waals surface area contributed by atoms with Crippen molar-refractivity contribution in [3.8, 4) is 5.69 Å². The van der Waals surface area contributed by atoms with Crippen LogP contribution < -0.4 is 0 Å². The molecule has 3 aromatic rings. The molecule has 6 nitrogen and oxygen atoms in total. The highest BCUT2D eigenvalue weighted by atomic mass is 16.5. The molecule has 0 amide bonds. The van der Waals surface area contributed by atoms with Crippen LogP contribution in [0.4, 0.5) is 0 Å². The smallest absolute Gasteiger partial charge is 0.361 e. The number of hydrogen-bond acceptors (Lipinski definition) is 5. The number of aryl methyl sites for hydroxylation is 3. The van der Waals surface area contributed by atoms with Crippen molar-refractivity contribution in [2.24, 2.45) is 0 Å². The highest BCUT2D eigenvalue weighted by molar-refractivity contribution is 6.00. The molecule has 0 atom stereocenters. The lowest BCUT2D eigenvalue weighted by Gasteiger charge is -2.07. The quantitative estimate of drug-likeness (QED) is 0.522. The Kier molecular flexibility index (Phi) is 4.93. The van der Waals surface area contributed by atoms with Gasteiger partial charge in [-0.1, -0.05) is 35.9 Å². The highest BCUT2D eigenvalue weighted by Gasteiger charge is 2.20. The van der Waals surface area contributed by atoms with E-state index in [1.54, 1.807) is 13.0 Å².